The summed E-state index contributed by atoms with van der Waals surface area (Å²) in [7, 11) is 1.48. The van der Waals surface area contributed by atoms with E-state index in [1.54, 1.807) is 12.1 Å². The average molecular weight is 249 g/mol. The van der Waals surface area contributed by atoms with Crippen molar-refractivity contribution in [1.82, 2.24) is 5.32 Å². The first-order valence-electron chi connectivity index (χ1n) is 5.36. The molecule has 18 heavy (non-hydrogen) atoms. The van der Waals surface area contributed by atoms with Crippen LogP contribution in [-0.4, -0.2) is 35.8 Å². The van der Waals surface area contributed by atoms with Crippen molar-refractivity contribution >= 4 is 18.3 Å². The molecule has 1 aromatic rings. The highest BCUT2D eigenvalue weighted by molar-refractivity contribution is 5.97. The molecule has 0 aromatic heterocycles. The highest BCUT2D eigenvalue weighted by Gasteiger charge is 2.26. The number of hydrogen-bond donors (Lipinski definition) is 3. The van der Waals surface area contributed by atoms with Gasteiger partial charge in [-0.1, -0.05) is 30.3 Å². The third-order valence-corrected chi connectivity index (χ3v) is 2.58. The number of hydrogen-bond acceptors (Lipinski definition) is 5. The van der Waals surface area contributed by atoms with E-state index in [0.717, 1.165) is 11.8 Å². The fourth-order valence-electron chi connectivity index (χ4n) is 1.70. The molecule has 6 heteroatoms. The van der Waals surface area contributed by atoms with Gasteiger partial charge in [-0.3, -0.25) is 4.79 Å². The molecule has 6 nitrogen and oxygen atoms in total. The van der Waals surface area contributed by atoms with Crippen LogP contribution in [0.2, 0.25) is 0 Å². The molecular formula is C12H15N3O3. The molecule has 0 radical (unpaired) electrons. The molecule has 2 unspecified atom stereocenters. The van der Waals surface area contributed by atoms with E-state index in [2.05, 4.69) is 15.6 Å². The first-order chi connectivity index (χ1) is 8.74. The lowest BCUT2D eigenvalue weighted by Gasteiger charge is -2.18. The largest absolute Gasteiger partial charge is 0.411 e. The molecule has 0 aliphatic heterocycles. The molecule has 0 aliphatic carbocycles. The van der Waals surface area contributed by atoms with Crippen LogP contribution < -0.4 is 5.32 Å². The van der Waals surface area contributed by atoms with Gasteiger partial charge in [-0.15, -0.1) is 10.3 Å². The lowest BCUT2D eigenvalue weighted by Crippen LogP contribution is -2.33. The summed E-state index contributed by atoms with van der Waals surface area (Å²) < 4.78 is 0. The quantitative estimate of drug-likeness (QED) is 0.413. The minimum Gasteiger partial charge on any atom is -0.411 e. The molecule has 0 aliphatic rings. The van der Waals surface area contributed by atoms with Gasteiger partial charge >= 0.3 is 0 Å². The number of nitrogens with one attached hydrogen (secondary N) is 1. The number of carbonyl (C=O) groups is 1. The van der Waals surface area contributed by atoms with Crippen LogP contribution in [-0.2, 0) is 4.79 Å². The van der Waals surface area contributed by atoms with Gasteiger partial charge in [0.2, 0.25) is 5.91 Å². The fourth-order valence-corrected chi connectivity index (χ4v) is 1.70. The number of benzene rings is 1. The van der Waals surface area contributed by atoms with Crippen molar-refractivity contribution in [2.75, 3.05) is 7.05 Å². The summed E-state index contributed by atoms with van der Waals surface area (Å²) in [5.74, 6) is -1.59. The molecule has 2 atom stereocenters. The van der Waals surface area contributed by atoms with E-state index in [4.69, 9.17) is 10.4 Å². The maximum atomic E-state index is 11.7. The number of amides is 1. The number of nitrogens with zero attached hydrogens (tertiary/aromatic N) is 2. The van der Waals surface area contributed by atoms with Gasteiger partial charge in [0.05, 0.1) is 18.3 Å². The Morgan fingerprint density at radius 3 is 2.33 bits per heavy atom. The van der Waals surface area contributed by atoms with E-state index >= 15 is 0 Å². The van der Waals surface area contributed by atoms with Crippen molar-refractivity contribution in [2.24, 2.45) is 16.2 Å². The first-order valence-corrected chi connectivity index (χ1v) is 5.36. The van der Waals surface area contributed by atoms with Crippen molar-refractivity contribution in [3.63, 3.8) is 0 Å². The van der Waals surface area contributed by atoms with Gasteiger partial charge in [-0.2, -0.15) is 0 Å². The van der Waals surface area contributed by atoms with Crippen molar-refractivity contribution in [1.29, 1.82) is 0 Å². The Morgan fingerprint density at radius 2 is 1.83 bits per heavy atom. The highest BCUT2D eigenvalue weighted by atomic mass is 16.4. The molecule has 0 fully saturated rings. The van der Waals surface area contributed by atoms with Crippen molar-refractivity contribution in [3.8, 4) is 0 Å². The first kappa shape index (κ1) is 13.7. The monoisotopic (exact) mass is 249 g/mol. The van der Waals surface area contributed by atoms with Crippen LogP contribution in [0.15, 0.2) is 40.6 Å². The maximum absolute atomic E-state index is 11.7. The predicted octanol–water partition coefficient (Wildman–Crippen LogP) is 1.05. The molecule has 1 aromatic carbocycles. The van der Waals surface area contributed by atoms with Gasteiger partial charge in [-0.05, 0) is 5.56 Å². The topological polar surface area (TPSA) is 94.3 Å². The zero-order valence-corrected chi connectivity index (χ0v) is 9.89. The normalized spacial score (nSPS) is 14.7. The molecule has 0 heterocycles. The number of oxime groups is 2. The highest BCUT2D eigenvalue weighted by Crippen LogP contribution is 2.22. The summed E-state index contributed by atoms with van der Waals surface area (Å²) in [6.07, 6.45) is 2.34. The maximum Gasteiger partial charge on any atom is 0.229 e. The van der Waals surface area contributed by atoms with E-state index in [1.807, 2.05) is 18.2 Å². The lowest BCUT2D eigenvalue weighted by atomic mass is 9.87. The molecule has 0 saturated carbocycles. The van der Waals surface area contributed by atoms with E-state index in [-0.39, 0.29) is 5.91 Å². The van der Waals surface area contributed by atoms with Crippen molar-refractivity contribution < 1.29 is 15.2 Å². The third-order valence-electron chi connectivity index (χ3n) is 2.58. The van der Waals surface area contributed by atoms with E-state index in [9.17, 15) is 4.79 Å². The Labute approximate surface area is 105 Å². The summed E-state index contributed by atoms with van der Waals surface area (Å²) in [4.78, 5) is 11.7. The molecule has 0 bridgehead atoms. The minimum absolute atomic E-state index is 0.332. The second-order valence-electron chi connectivity index (χ2n) is 3.61. The van der Waals surface area contributed by atoms with Crippen molar-refractivity contribution in [3.05, 3.63) is 35.9 Å². The third kappa shape index (κ3) is 3.31. The van der Waals surface area contributed by atoms with Crippen LogP contribution in [0.1, 0.15) is 11.5 Å². The van der Waals surface area contributed by atoms with Gasteiger partial charge in [-0.25, -0.2) is 0 Å². The molecule has 1 amide bonds. The van der Waals surface area contributed by atoms with E-state index in [1.165, 1.54) is 13.3 Å². The zero-order valence-electron chi connectivity index (χ0n) is 9.89. The van der Waals surface area contributed by atoms with E-state index < -0.39 is 11.8 Å². The summed E-state index contributed by atoms with van der Waals surface area (Å²) in [6.45, 7) is 0. The van der Waals surface area contributed by atoms with Crippen LogP contribution >= 0.6 is 0 Å². The summed E-state index contributed by atoms with van der Waals surface area (Å²) in [5.41, 5.74) is 0.781. The Morgan fingerprint density at radius 1 is 1.22 bits per heavy atom. The molecular weight excluding hydrogens is 234 g/mol. The molecule has 96 valence electrons. The summed E-state index contributed by atoms with van der Waals surface area (Å²) >= 11 is 0. The molecule has 0 spiro atoms. The summed E-state index contributed by atoms with van der Waals surface area (Å²) in [5, 5.41) is 25.7. The van der Waals surface area contributed by atoms with Crippen LogP contribution in [0.25, 0.3) is 0 Å². The second-order valence-corrected chi connectivity index (χ2v) is 3.61. The van der Waals surface area contributed by atoms with Gasteiger partial charge in [0.1, 0.15) is 0 Å². The SMILES string of the molecule is CNC(=O)C(/C=N\O)C(/C=N\O)c1ccccc1. The standard InChI is InChI=1S/C12H15N3O3/c1-13-12(16)11(8-15-18)10(7-14-17)9-5-3-2-4-6-9/h2-8,10-11,17-18H,1H3,(H,13,16)/b14-7-,15-8-. The average Bonchev–Trinajstić information content (AvgIpc) is 2.43. The number of carbonyl (C=O) groups excluding carboxylic acids is 1. The van der Waals surface area contributed by atoms with E-state index in [0.29, 0.717) is 0 Å². The van der Waals surface area contributed by atoms with Crippen LogP contribution in [0.4, 0.5) is 0 Å². The minimum atomic E-state index is -0.752. The smallest absolute Gasteiger partial charge is 0.229 e. The zero-order chi connectivity index (χ0) is 13.4. The van der Waals surface area contributed by atoms with Crippen LogP contribution in [0.3, 0.4) is 0 Å². The fraction of sp³-hybridized carbons (Fsp3) is 0.250. The Hall–Kier alpha value is -2.37. The van der Waals surface area contributed by atoms with Gasteiger partial charge in [0.15, 0.2) is 0 Å². The number of rotatable bonds is 5. The van der Waals surface area contributed by atoms with Crippen LogP contribution in [0, 0.1) is 5.92 Å². The predicted molar refractivity (Wildman–Crippen MR) is 67.3 cm³/mol. The van der Waals surface area contributed by atoms with Crippen molar-refractivity contribution in [2.45, 2.75) is 5.92 Å². The molecule has 3 N–H and O–H groups in total. The summed E-state index contributed by atoms with van der Waals surface area (Å²) in [6, 6.07) is 9.06. The molecule has 0 saturated heterocycles. The lowest BCUT2D eigenvalue weighted by molar-refractivity contribution is -0.122. The van der Waals surface area contributed by atoms with Gasteiger partial charge in [0, 0.05) is 13.0 Å². The van der Waals surface area contributed by atoms with Crippen LogP contribution in [0.5, 0.6) is 0 Å². The second kappa shape index (κ2) is 7.05. The Bertz CT molecular complexity index is 431. The van der Waals surface area contributed by atoms with Gasteiger partial charge < -0.3 is 15.7 Å². The van der Waals surface area contributed by atoms with Gasteiger partial charge in [0.25, 0.3) is 0 Å². The Balaban J connectivity index is 3.13. The molecule has 1 rings (SSSR count). The Kier molecular flexibility index (Phi) is 5.37.